The fourth-order valence-corrected chi connectivity index (χ4v) is 1.32. The number of carbonyl (C=O) groups excluding carboxylic acids is 1. The van der Waals surface area contributed by atoms with Crippen LogP contribution in [0.1, 0.15) is 32.6 Å². The minimum absolute atomic E-state index is 0.151. The Labute approximate surface area is 67.1 Å². The van der Waals surface area contributed by atoms with Crippen molar-refractivity contribution in [1.82, 2.24) is 5.32 Å². The van der Waals surface area contributed by atoms with Gasteiger partial charge in [0.05, 0.1) is 0 Å². The second kappa shape index (κ2) is 4.21. The Morgan fingerprint density at radius 1 is 1.55 bits per heavy atom. The van der Waals surface area contributed by atoms with Crippen molar-refractivity contribution in [2.24, 2.45) is 0 Å². The predicted octanol–water partition coefficient (Wildman–Crippen LogP) is 1.69. The maximum Gasteiger partial charge on any atom is 0.429 e. The molecule has 1 fully saturated rings. The third kappa shape index (κ3) is 2.78. The number of ether oxygens (including phenoxy) is 1. The summed E-state index contributed by atoms with van der Waals surface area (Å²) in [6.45, 7) is 2.35. The summed E-state index contributed by atoms with van der Waals surface area (Å²) in [7, 11) is 0. The Morgan fingerprint density at radius 3 is 2.73 bits per heavy atom. The van der Waals surface area contributed by atoms with E-state index in [1.54, 1.807) is 0 Å². The standard InChI is InChI=1S/C8H14NO2/c1-2-9-8(10)11-7-5-3-4-6-7/h7H,2-6H2,1H3. The molecule has 1 radical (unpaired) electrons. The number of amides is 1. The summed E-state index contributed by atoms with van der Waals surface area (Å²) in [5, 5.41) is 3.63. The molecule has 0 saturated heterocycles. The van der Waals surface area contributed by atoms with Crippen molar-refractivity contribution < 1.29 is 9.53 Å². The van der Waals surface area contributed by atoms with Crippen LogP contribution >= 0.6 is 0 Å². The van der Waals surface area contributed by atoms with E-state index in [9.17, 15) is 4.79 Å². The highest BCUT2D eigenvalue weighted by Crippen LogP contribution is 2.20. The normalized spacial score (nSPS) is 18.3. The summed E-state index contributed by atoms with van der Waals surface area (Å²) in [4.78, 5) is 10.8. The maximum atomic E-state index is 10.8. The largest absolute Gasteiger partial charge is 0.445 e. The van der Waals surface area contributed by atoms with E-state index in [4.69, 9.17) is 4.74 Å². The van der Waals surface area contributed by atoms with Crippen LogP contribution < -0.4 is 5.32 Å². The fourth-order valence-electron chi connectivity index (χ4n) is 1.32. The van der Waals surface area contributed by atoms with Crippen LogP contribution in [0.15, 0.2) is 0 Å². The fraction of sp³-hybridized carbons (Fsp3) is 0.875. The molecule has 0 aliphatic heterocycles. The third-order valence-corrected chi connectivity index (χ3v) is 1.86. The van der Waals surface area contributed by atoms with Crippen molar-refractivity contribution >= 4 is 6.09 Å². The molecule has 1 aliphatic carbocycles. The average Bonchev–Trinajstić information content (AvgIpc) is 2.40. The average molecular weight is 156 g/mol. The first-order valence-electron chi connectivity index (χ1n) is 4.21. The van der Waals surface area contributed by atoms with Gasteiger partial charge in [0.15, 0.2) is 0 Å². The number of carbonyl (C=O) groups is 1. The zero-order valence-corrected chi connectivity index (χ0v) is 6.88. The topological polar surface area (TPSA) is 40.4 Å². The molecule has 0 atom stereocenters. The van der Waals surface area contributed by atoms with Crippen molar-refractivity contribution in [2.75, 3.05) is 6.54 Å². The highest BCUT2D eigenvalue weighted by atomic mass is 16.6. The molecule has 63 valence electrons. The van der Waals surface area contributed by atoms with Crippen LogP contribution in [0.4, 0.5) is 4.79 Å². The Morgan fingerprint density at radius 2 is 2.18 bits per heavy atom. The second-order valence-corrected chi connectivity index (χ2v) is 2.76. The van der Waals surface area contributed by atoms with Crippen molar-refractivity contribution in [3.63, 3.8) is 0 Å². The van der Waals surface area contributed by atoms with Gasteiger partial charge in [0, 0.05) is 6.54 Å². The van der Waals surface area contributed by atoms with Crippen molar-refractivity contribution in [3.8, 4) is 0 Å². The van der Waals surface area contributed by atoms with E-state index in [2.05, 4.69) is 5.32 Å². The summed E-state index contributed by atoms with van der Waals surface area (Å²) < 4.78 is 5.05. The number of hydrogen-bond acceptors (Lipinski definition) is 2. The van der Waals surface area contributed by atoms with Crippen LogP contribution in [0.25, 0.3) is 0 Å². The van der Waals surface area contributed by atoms with Crippen LogP contribution in [0, 0.1) is 0 Å². The van der Waals surface area contributed by atoms with Gasteiger partial charge >= 0.3 is 6.09 Å². The van der Waals surface area contributed by atoms with E-state index < -0.39 is 0 Å². The SMILES string of the molecule is CC[N]C(=O)OC1CCCC1. The molecule has 0 aromatic rings. The molecule has 0 bridgehead atoms. The molecular formula is C8H14NO2. The summed E-state index contributed by atoms with van der Waals surface area (Å²) in [6, 6.07) is 0. The van der Waals surface area contributed by atoms with Crippen molar-refractivity contribution in [1.29, 1.82) is 0 Å². The van der Waals surface area contributed by atoms with Crippen LogP contribution in [-0.4, -0.2) is 18.7 Å². The van der Waals surface area contributed by atoms with Gasteiger partial charge in [0.25, 0.3) is 0 Å². The molecule has 0 N–H and O–H groups in total. The van der Waals surface area contributed by atoms with Crippen molar-refractivity contribution in [2.45, 2.75) is 38.7 Å². The first-order chi connectivity index (χ1) is 5.33. The van der Waals surface area contributed by atoms with Gasteiger partial charge in [-0.3, -0.25) is 0 Å². The van der Waals surface area contributed by atoms with E-state index in [-0.39, 0.29) is 12.2 Å². The molecule has 1 amide bonds. The van der Waals surface area contributed by atoms with E-state index >= 15 is 0 Å². The summed E-state index contributed by atoms with van der Waals surface area (Å²) >= 11 is 0. The third-order valence-electron chi connectivity index (χ3n) is 1.86. The van der Waals surface area contributed by atoms with Gasteiger partial charge in [0.2, 0.25) is 0 Å². The monoisotopic (exact) mass is 156 g/mol. The molecule has 0 unspecified atom stereocenters. The Balaban J connectivity index is 2.13. The summed E-state index contributed by atoms with van der Waals surface area (Å²) in [6.07, 6.45) is 4.17. The highest BCUT2D eigenvalue weighted by molar-refractivity contribution is 5.66. The number of hydrogen-bond donors (Lipinski definition) is 0. The Hall–Kier alpha value is -0.730. The van der Waals surface area contributed by atoms with Gasteiger partial charge in [-0.2, -0.15) is 0 Å². The maximum absolute atomic E-state index is 10.8. The smallest absolute Gasteiger partial charge is 0.429 e. The molecule has 3 nitrogen and oxygen atoms in total. The second-order valence-electron chi connectivity index (χ2n) is 2.76. The molecule has 1 rings (SSSR count). The van der Waals surface area contributed by atoms with Gasteiger partial charge in [0.1, 0.15) is 6.10 Å². The van der Waals surface area contributed by atoms with E-state index in [1.807, 2.05) is 6.92 Å². The van der Waals surface area contributed by atoms with E-state index in [0.717, 1.165) is 12.8 Å². The molecule has 0 heterocycles. The predicted molar refractivity (Wildman–Crippen MR) is 41.4 cm³/mol. The van der Waals surface area contributed by atoms with Gasteiger partial charge in [-0.1, -0.05) is 0 Å². The lowest BCUT2D eigenvalue weighted by Crippen LogP contribution is -2.21. The molecular weight excluding hydrogens is 142 g/mol. The van der Waals surface area contributed by atoms with Crippen LogP contribution in [0.2, 0.25) is 0 Å². The highest BCUT2D eigenvalue weighted by Gasteiger charge is 2.18. The first kappa shape index (κ1) is 8.37. The zero-order valence-electron chi connectivity index (χ0n) is 6.88. The number of nitrogens with zero attached hydrogens (tertiary/aromatic N) is 1. The van der Waals surface area contributed by atoms with Crippen LogP contribution in [0.5, 0.6) is 0 Å². The van der Waals surface area contributed by atoms with Crippen LogP contribution in [-0.2, 0) is 4.74 Å². The minimum atomic E-state index is -0.389. The summed E-state index contributed by atoms with van der Waals surface area (Å²) in [5.74, 6) is 0. The number of rotatable bonds is 2. The minimum Gasteiger partial charge on any atom is -0.445 e. The van der Waals surface area contributed by atoms with Gasteiger partial charge < -0.3 is 4.74 Å². The molecule has 0 aromatic heterocycles. The quantitative estimate of drug-likeness (QED) is 0.610. The van der Waals surface area contributed by atoms with Gasteiger partial charge in [-0.15, -0.1) is 0 Å². The van der Waals surface area contributed by atoms with E-state index in [0.29, 0.717) is 6.54 Å². The molecule has 1 aliphatic rings. The lowest BCUT2D eigenvalue weighted by atomic mass is 10.3. The van der Waals surface area contributed by atoms with E-state index in [1.165, 1.54) is 12.8 Å². The first-order valence-corrected chi connectivity index (χ1v) is 4.21. The Kier molecular flexibility index (Phi) is 3.20. The van der Waals surface area contributed by atoms with Crippen LogP contribution in [0.3, 0.4) is 0 Å². The lowest BCUT2D eigenvalue weighted by Gasteiger charge is -2.09. The Bertz CT molecular complexity index is 130. The van der Waals surface area contributed by atoms with Gasteiger partial charge in [-0.25, -0.2) is 10.1 Å². The molecule has 0 aromatic carbocycles. The van der Waals surface area contributed by atoms with Gasteiger partial charge in [-0.05, 0) is 32.6 Å². The van der Waals surface area contributed by atoms with Crippen molar-refractivity contribution in [3.05, 3.63) is 0 Å². The molecule has 1 saturated carbocycles. The molecule has 3 heteroatoms. The molecule has 11 heavy (non-hydrogen) atoms. The summed E-state index contributed by atoms with van der Waals surface area (Å²) in [5.41, 5.74) is 0. The molecule has 0 spiro atoms. The lowest BCUT2D eigenvalue weighted by molar-refractivity contribution is 0.101. The zero-order chi connectivity index (χ0) is 8.10.